The Balaban J connectivity index is 1.77. The quantitative estimate of drug-likeness (QED) is 0.638. The van der Waals surface area contributed by atoms with E-state index in [2.05, 4.69) is 31.6 Å². The van der Waals surface area contributed by atoms with Crippen molar-refractivity contribution in [3.63, 3.8) is 0 Å². The summed E-state index contributed by atoms with van der Waals surface area (Å²) >= 11 is 3.39. The van der Waals surface area contributed by atoms with Gasteiger partial charge in [-0.3, -0.25) is 4.79 Å². The SMILES string of the molecule is COc1ccc(Cn2nnc(C(=O)Nc3ccc(F)c(F)c3)c2N)cc1Br. The molecule has 0 spiro atoms. The number of nitrogens with two attached hydrogens (primary N) is 1. The molecule has 0 aliphatic heterocycles. The van der Waals surface area contributed by atoms with Gasteiger partial charge in [0.15, 0.2) is 23.1 Å². The van der Waals surface area contributed by atoms with Gasteiger partial charge in [-0.2, -0.15) is 0 Å². The number of carbonyl (C=O) groups excluding carboxylic acids is 1. The van der Waals surface area contributed by atoms with Crippen LogP contribution in [0.4, 0.5) is 20.3 Å². The van der Waals surface area contributed by atoms with Crippen molar-refractivity contribution < 1.29 is 18.3 Å². The lowest BCUT2D eigenvalue weighted by Crippen LogP contribution is -2.15. The van der Waals surface area contributed by atoms with Crippen LogP contribution in [-0.4, -0.2) is 28.0 Å². The number of anilines is 2. The second-order valence-electron chi connectivity index (χ2n) is 5.53. The van der Waals surface area contributed by atoms with Crippen molar-refractivity contribution in [2.24, 2.45) is 0 Å². The first kappa shape index (κ1) is 18.8. The molecule has 2 aromatic carbocycles. The van der Waals surface area contributed by atoms with E-state index in [9.17, 15) is 13.6 Å². The Bertz CT molecular complexity index is 1010. The van der Waals surface area contributed by atoms with Gasteiger partial charge in [-0.25, -0.2) is 13.5 Å². The van der Waals surface area contributed by atoms with Crippen LogP contribution in [0, 0.1) is 11.6 Å². The fraction of sp³-hybridized carbons (Fsp3) is 0.118. The van der Waals surface area contributed by atoms with Gasteiger partial charge in [-0.15, -0.1) is 5.10 Å². The third-order valence-electron chi connectivity index (χ3n) is 3.71. The second-order valence-corrected chi connectivity index (χ2v) is 6.39. The van der Waals surface area contributed by atoms with Crippen molar-refractivity contribution in [1.82, 2.24) is 15.0 Å². The molecule has 1 heterocycles. The number of amides is 1. The van der Waals surface area contributed by atoms with Crippen molar-refractivity contribution in [1.29, 1.82) is 0 Å². The minimum atomic E-state index is -1.07. The highest BCUT2D eigenvalue weighted by Gasteiger charge is 2.18. The lowest BCUT2D eigenvalue weighted by Gasteiger charge is -2.08. The molecule has 0 aliphatic rings. The number of hydrogen-bond donors (Lipinski definition) is 2. The molecule has 1 amide bonds. The number of nitrogens with zero attached hydrogens (tertiary/aromatic N) is 3. The number of nitrogen functional groups attached to an aromatic ring is 1. The maximum Gasteiger partial charge on any atom is 0.280 e. The van der Waals surface area contributed by atoms with Crippen molar-refractivity contribution in [2.45, 2.75) is 6.54 Å². The van der Waals surface area contributed by atoms with Crippen LogP contribution >= 0.6 is 15.9 Å². The first-order valence-electron chi connectivity index (χ1n) is 7.67. The topological polar surface area (TPSA) is 95.1 Å². The number of aromatic nitrogens is 3. The molecule has 0 bridgehead atoms. The molecule has 3 N–H and O–H groups in total. The maximum absolute atomic E-state index is 13.2. The first-order chi connectivity index (χ1) is 12.9. The largest absolute Gasteiger partial charge is 0.496 e. The molecule has 0 fully saturated rings. The summed E-state index contributed by atoms with van der Waals surface area (Å²) in [5, 5.41) is 10.1. The molecular formula is C17H14BrF2N5O2. The summed E-state index contributed by atoms with van der Waals surface area (Å²) in [7, 11) is 1.56. The zero-order valence-corrected chi connectivity index (χ0v) is 15.6. The highest BCUT2D eigenvalue weighted by molar-refractivity contribution is 9.10. The van der Waals surface area contributed by atoms with E-state index in [4.69, 9.17) is 10.5 Å². The van der Waals surface area contributed by atoms with Gasteiger partial charge in [0, 0.05) is 11.8 Å². The van der Waals surface area contributed by atoms with Gasteiger partial charge < -0.3 is 15.8 Å². The van der Waals surface area contributed by atoms with E-state index in [1.807, 2.05) is 12.1 Å². The van der Waals surface area contributed by atoms with Crippen LogP contribution in [0.2, 0.25) is 0 Å². The fourth-order valence-electron chi connectivity index (χ4n) is 2.34. The van der Waals surface area contributed by atoms with Crippen molar-refractivity contribution >= 4 is 33.3 Å². The van der Waals surface area contributed by atoms with Crippen molar-refractivity contribution in [3.05, 3.63) is 63.8 Å². The van der Waals surface area contributed by atoms with Gasteiger partial charge in [-0.05, 0) is 45.8 Å². The van der Waals surface area contributed by atoms with Crippen molar-refractivity contribution in [3.8, 4) is 5.75 Å². The normalized spacial score (nSPS) is 10.7. The average molecular weight is 438 g/mol. The zero-order valence-electron chi connectivity index (χ0n) is 14.0. The summed E-state index contributed by atoms with van der Waals surface area (Å²) in [4.78, 5) is 12.3. The number of halogens is 3. The summed E-state index contributed by atoms with van der Waals surface area (Å²) in [6.07, 6.45) is 0. The molecule has 1 aromatic heterocycles. The molecule has 0 atom stereocenters. The molecular weight excluding hydrogens is 424 g/mol. The molecule has 27 heavy (non-hydrogen) atoms. The van der Waals surface area contributed by atoms with E-state index in [-0.39, 0.29) is 23.7 Å². The number of nitrogens with one attached hydrogen (secondary N) is 1. The van der Waals surface area contributed by atoms with Gasteiger partial charge >= 0.3 is 0 Å². The monoisotopic (exact) mass is 437 g/mol. The molecule has 0 saturated heterocycles. The van der Waals surface area contributed by atoms with Crippen molar-refractivity contribution in [2.75, 3.05) is 18.2 Å². The predicted molar refractivity (Wildman–Crippen MR) is 98.5 cm³/mol. The highest BCUT2D eigenvalue weighted by Crippen LogP contribution is 2.26. The number of benzene rings is 2. The lowest BCUT2D eigenvalue weighted by atomic mass is 10.2. The van der Waals surface area contributed by atoms with E-state index < -0.39 is 17.5 Å². The second kappa shape index (κ2) is 7.70. The van der Waals surface area contributed by atoms with Gasteiger partial charge in [-0.1, -0.05) is 11.3 Å². The number of hydrogen-bond acceptors (Lipinski definition) is 5. The molecule has 140 valence electrons. The maximum atomic E-state index is 13.2. The summed E-state index contributed by atoms with van der Waals surface area (Å²) < 4.78 is 33.5. The van der Waals surface area contributed by atoms with Gasteiger partial charge in [0.25, 0.3) is 5.91 Å². The zero-order chi connectivity index (χ0) is 19.6. The standard InChI is InChI=1S/C17H14BrF2N5O2/c1-27-14-5-2-9(6-11(14)18)8-25-16(21)15(23-24-25)17(26)22-10-3-4-12(19)13(20)7-10/h2-7H,8,21H2,1H3,(H,22,26). The Morgan fingerprint density at radius 3 is 2.70 bits per heavy atom. The van der Waals surface area contributed by atoms with Crippen LogP contribution in [0.5, 0.6) is 5.75 Å². The van der Waals surface area contributed by atoms with Crippen LogP contribution in [0.1, 0.15) is 16.1 Å². The molecule has 3 rings (SSSR count). The molecule has 0 aliphatic carbocycles. The Morgan fingerprint density at radius 1 is 1.26 bits per heavy atom. The van der Waals surface area contributed by atoms with Crippen LogP contribution < -0.4 is 15.8 Å². The lowest BCUT2D eigenvalue weighted by molar-refractivity contribution is 0.102. The molecule has 0 radical (unpaired) electrons. The molecule has 0 saturated carbocycles. The summed E-state index contributed by atoms with van der Waals surface area (Å²) in [5.41, 5.74) is 6.77. The third kappa shape index (κ3) is 4.05. The van der Waals surface area contributed by atoms with Crippen LogP contribution in [0.25, 0.3) is 0 Å². The highest BCUT2D eigenvalue weighted by atomic mass is 79.9. The fourth-order valence-corrected chi connectivity index (χ4v) is 2.93. The Morgan fingerprint density at radius 2 is 2.04 bits per heavy atom. The minimum absolute atomic E-state index is 0.0435. The molecule has 0 unspecified atom stereocenters. The number of rotatable bonds is 5. The van der Waals surface area contributed by atoms with E-state index >= 15 is 0 Å². The van der Waals surface area contributed by atoms with Crippen LogP contribution in [0.15, 0.2) is 40.9 Å². The van der Waals surface area contributed by atoms with E-state index in [1.165, 1.54) is 10.7 Å². The Kier molecular flexibility index (Phi) is 5.36. The smallest absolute Gasteiger partial charge is 0.280 e. The van der Waals surface area contributed by atoms with Gasteiger partial charge in [0.1, 0.15) is 5.75 Å². The van der Waals surface area contributed by atoms with Gasteiger partial charge in [0.2, 0.25) is 0 Å². The van der Waals surface area contributed by atoms with Crippen LogP contribution in [0.3, 0.4) is 0 Å². The average Bonchev–Trinajstić information content (AvgIpc) is 2.99. The number of carbonyl (C=O) groups is 1. The van der Waals surface area contributed by atoms with E-state index in [0.717, 1.165) is 22.2 Å². The predicted octanol–water partition coefficient (Wildman–Crippen LogP) is 3.21. The summed E-state index contributed by atoms with van der Waals surface area (Å²) in [6.45, 7) is 0.278. The molecule has 10 heteroatoms. The molecule has 3 aromatic rings. The third-order valence-corrected chi connectivity index (χ3v) is 4.33. The first-order valence-corrected chi connectivity index (χ1v) is 8.46. The van der Waals surface area contributed by atoms with E-state index in [1.54, 1.807) is 13.2 Å². The summed E-state index contributed by atoms with van der Waals surface area (Å²) in [6, 6.07) is 8.44. The van der Waals surface area contributed by atoms with Crippen LogP contribution in [-0.2, 0) is 6.54 Å². The van der Waals surface area contributed by atoms with Gasteiger partial charge in [0.05, 0.1) is 18.1 Å². The Labute approximate surface area is 161 Å². The van der Waals surface area contributed by atoms with E-state index in [0.29, 0.717) is 5.75 Å². The number of ether oxygens (including phenoxy) is 1. The number of methoxy groups -OCH3 is 1. The minimum Gasteiger partial charge on any atom is -0.496 e. The molecule has 7 nitrogen and oxygen atoms in total. The summed E-state index contributed by atoms with van der Waals surface area (Å²) in [5.74, 6) is -2.04. The Hall–Kier alpha value is -3.01.